The molecule has 2 heterocycles. The molecule has 0 unspecified atom stereocenters. The van der Waals surface area contributed by atoms with Gasteiger partial charge in [-0.05, 0) is 19.1 Å². The van der Waals surface area contributed by atoms with Crippen LogP contribution >= 0.6 is 0 Å². The second kappa shape index (κ2) is 7.16. The molecular formula is C15H15N3O4. The second-order valence-corrected chi connectivity index (χ2v) is 4.35. The predicted octanol–water partition coefficient (Wildman–Crippen LogP) is 1.36. The van der Waals surface area contributed by atoms with Gasteiger partial charge < -0.3 is 15.2 Å². The monoisotopic (exact) mass is 301 g/mol. The third-order valence-electron chi connectivity index (χ3n) is 2.75. The quantitative estimate of drug-likeness (QED) is 0.835. The number of hydrogen-bond donors (Lipinski definition) is 2. The van der Waals surface area contributed by atoms with E-state index in [1.165, 1.54) is 12.3 Å². The van der Waals surface area contributed by atoms with Crippen molar-refractivity contribution in [3.63, 3.8) is 0 Å². The highest BCUT2D eigenvalue weighted by Crippen LogP contribution is 2.22. The van der Waals surface area contributed by atoms with Gasteiger partial charge in [0.05, 0.1) is 12.8 Å². The van der Waals surface area contributed by atoms with Gasteiger partial charge in [-0.15, -0.1) is 0 Å². The van der Waals surface area contributed by atoms with Gasteiger partial charge in [0.2, 0.25) is 0 Å². The summed E-state index contributed by atoms with van der Waals surface area (Å²) in [6, 6.07) is 5.08. The normalized spacial score (nSPS) is 10.0. The molecule has 2 rings (SSSR count). The summed E-state index contributed by atoms with van der Waals surface area (Å²) in [4.78, 5) is 30.2. The fourth-order valence-corrected chi connectivity index (χ4v) is 1.77. The zero-order chi connectivity index (χ0) is 15.9. The van der Waals surface area contributed by atoms with Crippen LogP contribution in [0.15, 0.2) is 36.8 Å². The molecule has 2 aromatic rings. The van der Waals surface area contributed by atoms with E-state index in [-0.39, 0.29) is 5.69 Å². The zero-order valence-corrected chi connectivity index (χ0v) is 11.9. The van der Waals surface area contributed by atoms with E-state index < -0.39 is 18.4 Å². The maximum Gasteiger partial charge on any atom is 0.322 e. The van der Waals surface area contributed by atoms with Gasteiger partial charge in [-0.2, -0.15) is 0 Å². The molecule has 114 valence electrons. The summed E-state index contributed by atoms with van der Waals surface area (Å²) in [5, 5.41) is 10.8. The zero-order valence-electron chi connectivity index (χ0n) is 11.9. The highest BCUT2D eigenvalue weighted by molar-refractivity contribution is 5.94. The highest BCUT2D eigenvalue weighted by Gasteiger charge is 2.09. The number of carboxylic acids is 1. The number of pyridine rings is 2. The number of aromatic nitrogens is 2. The standard InChI is InChI=1S/C15H15N3O4/c1-2-22-12-5-11(6-16-8-12)10-3-4-13(17-7-10)15(21)18-9-14(19)20/h3-8H,2,9H2,1H3,(H,18,21)(H,19,20). The Morgan fingerprint density at radius 1 is 1.23 bits per heavy atom. The Hall–Kier alpha value is -2.96. The summed E-state index contributed by atoms with van der Waals surface area (Å²) in [5.41, 5.74) is 1.75. The van der Waals surface area contributed by atoms with Crippen LogP contribution in [0.5, 0.6) is 5.75 Å². The minimum absolute atomic E-state index is 0.152. The van der Waals surface area contributed by atoms with Crippen molar-refractivity contribution in [1.29, 1.82) is 0 Å². The fourth-order valence-electron chi connectivity index (χ4n) is 1.77. The van der Waals surface area contributed by atoms with Crippen LogP contribution in [0.3, 0.4) is 0 Å². The number of carbonyl (C=O) groups is 2. The number of carboxylic acid groups (broad SMARTS) is 1. The molecule has 0 radical (unpaired) electrons. The topological polar surface area (TPSA) is 101 Å². The summed E-state index contributed by atoms with van der Waals surface area (Å²) in [6.07, 6.45) is 4.82. The Morgan fingerprint density at radius 3 is 2.68 bits per heavy atom. The third kappa shape index (κ3) is 4.02. The first-order valence-corrected chi connectivity index (χ1v) is 6.64. The first kappa shape index (κ1) is 15.4. The van der Waals surface area contributed by atoms with E-state index >= 15 is 0 Å². The van der Waals surface area contributed by atoms with Crippen molar-refractivity contribution in [1.82, 2.24) is 15.3 Å². The largest absolute Gasteiger partial charge is 0.492 e. The van der Waals surface area contributed by atoms with Gasteiger partial charge in [0.1, 0.15) is 18.0 Å². The molecular weight excluding hydrogens is 286 g/mol. The predicted molar refractivity (Wildman–Crippen MR) is 78.6 cm³/mol. The fraction of sp³-hybridized carbons (Fsp3) is 0.200. The van der Waals surface area contributed by atoms with Gasteiger partial charge in [-0.1, -0.05) is 6.07 Å². The molecule has 7 heteroatoms. The SMILES string of the molecule is CCOc1cncc(-c2ccc(C(=O)NCC(=O)O)nc2)c1. The molecule has 0 fully saturated rings. The maximum absolute atomic E-state index is 11.7. The third-order valence-corrected chi connectivity index (χ3v) is 2.75. The number of carbonyl (C=O) groups excluding carboxylic acids is 1. The number of nitrogens with zero attached hydrogens (tertiary/aromatic N) is 2. The minimum atomic E-state index is -1.11. The number of amides is 1. The Labute approximate surface area is 127 Å². The smallest absolute Gasteiger partial charge is 0.322 e. The van der Waals surface area contributed by atoms with E-state index in [1.807, 2.05) is 13.0 Å². The van der Waals surface area contributed by atoms with Gasteiger partial charge in [0.15, 0.2) is 0 Å². The summed E-state index contributed by atoms with van der Waals surface area (Å²) in [6.45, 7) is 1.99. The molecule has 2 N–H and O–H groups in total. The molecule has 7 nitrogen and oxygen atoms in total. The Balaban J connectivity index is 2.13. The van der Waals surface area contributed by atoms with Crippen molar-refractivity contribution in [2.75, 3.05) is 13.2 Å². The van der Waals surface area contributed by atoms with E-state index in [0.29, 0.717) is 12.4 Å². The van der Waals surface area contributed by atoms with Crippen LogP contribution in [-0.4, -0.2) is 40.1 Å². The molecule has 0 atom stereocenters. The van der Waals surface area contributed by atoms with Crippen molar-refractivity contribution >= 4 is 11.9 Å². The number of ether oxygens (including phenoxy) is 1. The maximum atomic E-state index is 11.7. The summed E-state index contributed by atoms with van der Waals surface area (Å²) < 4.78 is 5.38. The average Bonchev–Trinajstić information content (AvgIpc) is 2.53. The Morgan fingerprint density at radius 2 is 2.05 bits per heavy atom. The first-order chi connectivity index (χ1) is 10.6. The van der Waals surface area contributed by atoms with Crippen LogP contribution in [0.25, 0.3) is 11.1 Å². The lowest BCUT2D eigenvalue weighted by Crippen LogP contribution is -2.29. The molecule has 2 aromatic heterocycles. The van der Waals surface area contributed by atoms with Crippen molar-refractivity contribution < 1.29 is 19.4 Å². The lowest BCUT2D eigenvalue weighted by molar-refractivity contribution is -0.135. The van der Waals surface area contributed by atoms with Crippen molar-refractivity contribution in [3.8, 4) is 16.9 Å². The molecule has 0 aliphatic heterocycles. The molecule has 1 amide bonds. The van der Waals surface area contributed by atoms with E-state index in [1.54, 1.807) is 18.5 Å². The van der Waals surface area contributed by atoms with Crippen molar-refractivity contribution in [2.45, 2.75) is 6.92 Å². The first-order valence-electron chi connectivity index (χ1n) is 6.64. The highest BCUT2D eigenvalue weighted by atomic mass is 16.5. The Bertz CT molecular complexity index is 671. The van der Waals surface area contributed by atoms with E-state index in [2.05, 4.69) is 15.3 Å². The van der Waals surface area contributed by atoms with Crippen molar-refractivity contribution in [3.05, 3.63) is 42.5 Å². The molecule has 0 bridgehead atoms. The van der Waals surface area contributed by atoms with Crippen LogP contribution in [0.1, 0.15) is 17.4 Å². The molecule has 22 heavy (non-hydrogen) atoms. The van der Waals surface area contributed by atoms with E-state index in [4.69, 9.17) is 9.84 Å². The van der Waals surface area contributed by atoms with Crippen LogP contribution in [0.4, 0.5) is 0 Å². The van der Waals surface area contributed by atoms with Crippen LogP contribution in [0.2, 0.25) is 0 Å². The summed E-state index contributed by atoms with van der Waals surface area (Å²) in [7, 11) is 0. The minimum Gasteiger partial charge on any atom is -0.492 e. The number of aliphatic carboxylic acids is 1. The molecule has 0 spiro atoms. The van der Waals surface area contributed by atoms with Gasteiger partial charge in [-0.25, -0.2) is 0 Å². The van der Waals surface area contributed by atoms with Crippen LogP contribution in [-0.2, 0) is 4.79 Å². The molecule has 0 aliphatic carbocycles. The molecule has 0 saturated carbocycles. The molecule has 0 saturated heterocycles. The average molecular weight is 301 g/mol. The summed E-state index contributed by atoms with van der Waals surface area (Å²) >= 11 is 0. The lowest BCUT2D eigenvalue weighted by Gasteiger charge is -2.06. The number of nitrogens with one attached hydrogen (secondary N) is 1. The summed E-state index contributed by atoms with van der Waals surface area (Å²) in [5.74, 6) is -0.984. The number of rotatable bonds is 6. The van der Waals surface area contributed by atoms with E-state index in [0.717, 1.165) is 11.1 Å². The van der Waals surface area contributed by atoms with Crippen LogP contribution in [0, 0.1) is 0 Å². The van der Waals surface area contributed by atoms with Crippen molar-refractivity contribution in [2.24, 2.45) is 0 Å². The van der Waals surface area contributed by atoms with Gasteiger partial charge >= 0.3 is 5.97 Å². The second-order valence-electron chi connectivity index (χ2n) is 4.35. The van der Waals surface area contributed by atoms with Gasteiger partial charge in [0, 0.05) is 23.5 Å². The number of hydrogen-bond acceptors (Lipinski definition) is 5. The van der Waals surface area contributed by atoms with Gasteiger partial charge in [-0.3, -0.25) is 19.6 Å². The Kier molecular flexibility index (Phi) is 5.02. The molecule has 0 aliphatic rings. The van der Waals surface area contributed by atoms with E-state index in [9.17, 15) is 9.59 Å². The molecule has 0 aromatic carbocycles. The van der Waals surface area contributed by atoms with Crippen LogP contribution < -0.4 is 10.1 Å². The van der Waals surface area contributed by atoms with Gasteiger partial charge in [0.25, 0.3) is 5.91 Å². The lowest BCUT2D eigenvalue weighted by atomic mass is 10.1.